The quantitative estimate of drug-likeness (QED) is 0.389. The molecule has 0 spiro atoms. The Morgan fingerprint density at radius 2 is 1.90 bits per heavy atom. The molecule has 3 rings (SSSR count). The maximum Gasteiger partial charge on any atom is 0.115 e. The SMILES string of the molecule is ClCCc1nc2cc(I)ccc2n1-c1ccc(Br)cc1. The van der Waals surface area contributed by atoms with Crippen LogP contribution < -0.4 is 0 Å². The van der Waals surface area contributed by atoms with Gasteiger partial charge < -0.3 is 0 Å². The van der Waals surface area contributed by atoms with Crippen LogP contribution in [0.2, 0.25) is 0 Å². The lowest BCUT2D eigenvalue weighted by Crippen LogP contribution is -2.02. The first kappa shape index (κ1) is 14.4. The highest BCUT2D eigenvalue weighted by molar-refractivity contribution is 14.1. The van der Waals surface area contributed by atoms with Crippen molar-refractivity contribution in [3.63, 3.8) is 0 Å². The van der Waals surface area contributed by atoms with Crippen molar-refractivity contribution in [3.05, 3.63) is 56.3 Å². The van der Waals surface area contributed by atoms with Crippen LogP contribution in [0.5, 0.6) is 0 Å². The molecule has 20 heavy (non-hydrogen) atoms. The number of hydrogen-bond acceptors (Lipinski definition) is 1. The van der Waals surface area contributed by atoms with Gasteiger partial charge in [0, 0.05) is 26.0 Å². The van der Waals surface area contributed by atoms with E-state index in [0.717, 1.165) is 33.4 Å². The van der Waals surface area contributed by atoms with Crippen LogP contribution in [0.3, 0.4) is 0 Å². The molecule has 0 aliphatic heterocycles. The molecule has 0 saturated carbocycles. The van der Waals surface area contributed by atoms with Crippen molar-refractivity contribution in [2.24, 2.45) is 0 Å². The highest BCUT2D eigenvalue weighted by Gasteiger charge is 2.12. The Labute approximate surface area is 144 Å². The second-order valence-electron chi connectivity index (χ2n) is 4.41. The summed E-state index contributed by atoms with van der Waals surface area (Å²) in [6, 6.07) is 14.6. The van der Waals surface area contributed by atoms with Crippen molar-refractivity contribution in [1.29, 1.82) is 0 Å². The predicted molar refractivity (Wildman–Crippen MR) is 95.9 cm³/mol. The number of fused-ring (bicyclic) bond motifs is 1. The average molecular weight is 462 g/mol. The lowest BCUT2D eigenvalue weighted by Gasteiger charge is -2.08. The van der Waals surface area contributed by atoms with Crippen LogP contribution in [0.25, 0.3) is 16.7 Å². The van der Waals surface area contributed by atoms with Gasteiger partial charge in [0.2, 0.25) is 0 Å². The number of hydrogen-bond donors (Lipinski definition) is 0. The zero-order valence-corrected chi connectivity index (χ0v) is 15.0. The zero-order valence-electron chi connectivity index (χ0n) is 10.5. The Hall–Kier alpha value is -0.590. The highest BCUT2D eigenvalue weighted by Crippen LogP contribution is 2.24. The van der Waals surface area contributed by atoms with Gasteiger partial charge in [-0.1, -0.05) is 15.9 Å². The van der Waals surface area contributed by atoms with Crippen LogP contribution in [0.15, 0.2) is 46.9 Å². The number of benzene rings is 2. The topological polar surface area (TPSA) is 17.8 Å². The summed E-state index contributed by atoms with van der Waals surface area (Å²) < 4.78 is 4.44. The molecule has 1 aromatic heterocycles. The number of halogens is 3. The van der Waals surface area contributed by atoms with Crippen molar-refractivity contribution >= 4 is 61.2 Å². The monoisotopic (exact) mass is 460 g/mol. The predicted octanol–water partition coefficient (Wildman–Crippen LogP) is 5.17. The van der Waals surface area contributed by atoms with E-state index < -0.39 is 0 Å². The maximum atomic E-state index is 5.92. The summed E-state index contributed by atoms with van der Waals surface area (Å²) in [5.74, 6) is 1.57. The minimum absolute atomic E-state index is 0.566. The van der Waals surface area contributed by atoms with E-state index in [2.05, 4.69) is 73.4 Å². The van der Waals surface area contributed by atoms with Gasteiger partial charge in [0.05, 0.1) is 11.0 Å². The van der Waals surface area contributed by atoms with Gasteiger partial charge in [0.15, 0.2) is 0 Å². The second kappa shape index (κ2) is 6.03. The molecule has 5 heteroatoms. The Balaban J connectivity index is 2.25. The standard InChI is InChI=1S/C15H11BrClIN2/c16-10-1-4-12(5-2-10)20-14-6-3-11(18)9-13(14)19-15(20)7-8-17/h1-6,9H,7-8H2. The fourth-order valence-electron chi connectivity index (χ4n) is 2.23. The molecule has 0 atom stereocenters. The molecule has 0 saturated heterocycles. The Morgan fingerprint density at radius 1 is 1.15 bits per heavy atom. The smallest absolute Gasteiger partial charge is 0.115 e. The maximum absolute atomic E-state index is 5.92. The van der Waals surface area contributed by atoms with Crippen LogP contribution in [0.4, 0.5) is 0 Å². The van der Waals surface area contributed by atoms with Crippen molar-refractivity contribution < 1.29 is 0 Å². The fourth-order valence-corrected chi connectivity index (χ4v) is 3.14. The summed E-state index contributed by atoms with van der Waals surface area (Å²) in [4.78, 5) is 4.72. The van der Waals surface area contributed by atoms with Crippen LogP contribution in [0, 0.1) is 3.57 Å². The van der Waals surface area contributed by atoms with Gasteiger partial charge in [-0.2, -0.15) is 0 Å². The van der Waals surface area contributed by atoms with Crippen LogP contribution in [0.1, 0.15) is 5.82 Å². The Kier molecular flexibility index (Phi) is 4.33. The third-order valence-electron chi connectivity index (χ3n) is 3.09. The van der Waals surface area contributed by atoms with Gasteiger partial charge in [-0.15, -0.1) is 11.6 Å². The second-order valence-corrected chi connectivity index (χ2v) is 6.95. The third-order valence-corrected chi connectivity index (χ3v) is 4.48. The molecule has 0 fully saturated rings. The molecule has 0 aliphatic rings. The summed E-state index contributed by atoms with van der Waals surface area (Å²) in [5, 5.41) is 0. The zero-order chi connectivity index (χ0) is 14.1. The molecule has 1 heterocycles. The first-order valence-corrected chi connectivity index (χ1v) is 8.58. The van der Waals surface area contributed by atoms with E-state index in [9.17, 15) is 0 Å². The molecule has 3 aromatic rings. The van der Waals surface area contributed by atoms with Crippen molar-refractivity contribution in [1.82, 2.24) is 9.55 Å². The van der Waals surface area contributed by atoms with E-state index in [1.807, 2.05) is 12.1 Å². The first-order valence-electron chi connectivity index (χ1n) is 6.18. The summed E-state index contributed by atoms with van der Waals surface area (Å²) in [6.07, 6.45) is 0.753. The minimum atomic E-state index is 0.566. The molecule has 0 radical (unpaired) electrons. The van der Waals surface area contributed by atoms with Gasteiger partial charge in [-0.25, -0.2) is 4.98 Å². The molecular weight excluding hydrogens is 450 g/mol. The largest absolute Gasteiger partial charge is 0.296 e. The normalized spacial score (nSPS) is 11.2. The average Bonchev–Trinajstić information content (AvgIpc) is 2.77. The molecule has 0 unspecified atom stereocenters. The lowest BCUT2D eigenvalue weighted by atomic mass is 10.2. The fraction of sp³-hybridized carbons (Fsp3) is 0.133. The van der Waals surface area contributed by atoms with Crippen molar-refractivity contribution in [2.45, 2.75) is 6.42 Å². The van der Waals surface area contributed by atoms with Gasteiger partial charge in [-0.3, -0.25) is 4.57 Å². The van der Waals surface area contributed by atoms with Crippen molar-refractivity contribution in [3.8, 4) is 5.69 Å². The van der Waals surface area contributed by atoms with E-state index in [0.29, 0.717) is 5.88 Å². The molecule has 0 amide bonds. The molecule has 0 N–H and O–H groups in total. The van der Waals surface area contributed by atoms with E-state index >= 15 is 0 Å². The Morgan fingerprint density at radius 3 is 2.60 bits per heavy atom. The van der Waals surface area contributed by atoms with Crippen LogP contribution >= 0.6 is 50.1 Å². The highest BCUT2D eigenvalue weighted by atomic mass is 127. The summed E-state index contributed by atoms with van der Waals surface area (Å²) >= 11 is 11.7. The number of imidazole rings is 1. The number of aromatic nitrogens is 2. The number of rotatable bonds is 3. The number of aryl methyl sites for hydroxylation is 1. The van der Waals surface area contributed by atoms with E-state index in [-0.39, 0.29) is 0 Å². The van der Waals surface area contributed by atoms with Gasteiger partial charge in [0.25, 0.3) is 0 Å². The molecular formula is C15H11BrClIN2. The molecule has 2 nitrogen and oxygen atoms in total. The summed E-state index contributed by atoms with van der Waals surface area (Å²) in [5.41, 5.74) is 3.24. The van der Waals surface area contributed by atoms with E-state index in [4.69, 9.17) is 16.6 Å². The lowest BCUT2D eigenvalue weighted by molar-refractivity contribution is 0.912. The first-order chi connectivity index (χ1) is 9.69. The van der Waals surface area contributed by atoms with Gasteiger partial charge in [-0.05, 0) is 65.1 Å². The molecule has 2 aromatic carbocycles. The molecule has 102 valence electrons. The summed E-state index contributed by atoms with van der Waals surface area (Å²) in [6.45, 7) is 0. The summed E-state index contributed by atoms with van der Waals surface area (Å²) in [7, 11) is 0. The minimum Gasteiger partial charge on any atom is -0.296 e. The van der Waals surface area contributed by atoms with Gasteiger partial charge in [0.1, 0.15) is 5.82 Å². The van der Waals surface area contributed by atoms with Crippen LogP contribution in [-0.4, -0.2) is 15.4 Å². The van der Waals surface area contributed by atoms with Crippen LogP contribution in [-0.2, 0) is 6.42 Å². The third kappa shape index (κ3) is 2.73. The van der Waals surface area contributed by atoms with Gasteiger partial charge >= 0.3 is 0 Å². The number of alkyl halides is 1. The Bertz CT molecular complexity index is 752. The molecule has 0 bridgehead atoms. The molecule has 0 aliphatic carbocycles. The number of nitrogens with zero attached hydrogens (tertiary/aromatic N) is 2. The van der Waals surface area contributed by atoms with E-state index in [1.54, 1.807) is 0 Å². The van der Waals surface area contributed by atoms with E-state index in [1.165, 1.54) is 3.57 Å². The van der Waals surface area contributed by atoms with Crippen molar-refractivity contribution in [2.75, 3.05) is 5.88 Å².